The molecule has 0 saturated heterocycles. The zero-order valence-corrected chi connectivity index (χ0v) is 10.0. The first-order valence-electron chi connectivity index (χ1n) is 4.56. The molecule has 0 aliphatic carbocycles. The normalized spacial score (nSPS) is 16.4. The third-order valence-electron chi connectivity index (χ3n) is 2.06. The van der Waals surface area contributed by atoms with Gasteiger partial charge in [-0.05, 0) is 25.7 Å². The first-order chi connectivity index (χ1) is 5.20. The minimum absolute atomic E-state index is 0.676. The Bertz CT molecular complexity index is 85.6. The van der Waals surface area contributed by atoms with E-state index in [0.717, 1.165) is 5.92 Å². The molecule has 11 heavy (non-hydrogen) atoms. The molecule has 0 radical (unpaired) electrons. The molecule has 0 aromatic carbocycles. The van der Waals surface area contributed by atoms with E-state index >= 15 is 0 Å². The van der Waals surface area contributed by atoms with Crippen molar-refractivity contribution in [3.8, 4) is 0 Å². The lowest BCUT2D eigenvalue weighted by molar-refractivity contribution is 0.444. The van der Waals surface area contributed by atoms with Gasteiger partial charge in [-0.3, -0.25) is 3.53 Å². The molecular weight excluding hydrogens is 249 g/mol. The van der Waals surface area contributed by atoms with E-state index in [1.54, 1.807) is 0 Å². The predicted octanol–water partition coefficient (Wildman–Crippen LogP) is 3.53. The molecule has 0 aromatic rings. The van der Waals surface area contributed by atoms with Crippen LogP contribution in [0, 0.1) is 5.92 Å². The molecule has 0 aliphatic heterocycles. The van der Waals surface area contributed by atoms with Gasteiger partial charge in [0.2, 0.25) is 0 Å². The summed E-state index contributed by atoms with van der Waals surface area (Å²) in [6.45, 7) is 6.85. The molecule has 68 valence electrons. The maximum Gasteiger partial charge on any atom is 0.0172 e. The zero-order valence-electron chi connectivity index (χ0n) is 7.86. The molecule has 1 nitrogen and oxygen atoms in total. The summed E-state index contributed by atoms with van der Waals surface area (Å²) in [5, 5.41) is 0. The maximum atomic E-state index is 3.23. The Kier molecular flexibility index (Phi) is 7.81. The molecule has 0 saturated carbocycles. The Morgan fingerprint density at radius 1 is 1.18 bits per heavy atom. The fraction of sp³-hybridized carbons (Fsp3) is 1.00. The number of hydrogen-bond donors (Lipinski definition) is 1. The topological polar surface area (TPSA) is 12.0 Å². The van der Waals surface area contributed by atoms with Crippen LogP contribution in [-0.4, -0.2) is 6.04 Å². The van der Waals surface area contributed by atoms with Crippen molar-refractivity contribution >= 4 is 22.9 Å². The van der Waals surface area contributed by atoms with Crippen molar-refractivity contribution in [3.63, 3.8) is 0 Å². The van der Waals surface area contributed by atoms with Crippen LogP contribution in [0.25, 0.3) is 0 Å². The summed E-state index contributed by atoms with van der Waals surface area (Å²) < 4.78 is 3.23. The van der Waals surface area contributed by atoms with Crippen molar-refractivity contribution in [3.05, 3.63) is 0 Å². The van der Waals surface area contributed by atoms with Crippen LogP contribution in [0.3, 0.4) is 0 Å². The molecule has 2 atom stereocenters. The highest BCUT2D eigenvalue weighted by molar-refractivity contribution is 14.1. The predicted molar refractivity (Wildman–Crippen MR) is 59.9 cm³/mol. The van der Waals surface area contributed by atoms with E-state index in [1.807, 2.05) is 0 Å². The molecule has 0 heterocycles. The molecule has 2 heteroatoms. The van der Waals surface area contributed by atoms with Gasteiger partial charge in [0, 0.05) is 28.9 Å². The maximum absolute atomic E-state index is 3.23. The molecule has 1 N–H and O–H groups in total. The Labute approximate surface area is 84.8 Å². The summed E-state index contributed by atoms with van der Waals surface area (Å²) in [5.74, 6) is 0.909. The third kappa shape index (κ3) is 7.06. The zero-order chi connectivity index (χ0) is 8.69. The fourth-order valence-corrected chi connectivity index (χ4v) is 1.54. The molecule has 0 fully saturated rings. The van der Waals surface area contributed by atoms with Crippen molar-refractivity contribution in [1.29, 1.82) is 0 Å². The molecule has 0 spiro atoms. The Morgan fingerprint density at radius 3 is 2.27 bits per heavy atom. The molecular formula is C9H20IN. The highest BCUT2D eigenvalue weighted by Gasteiger charge is 2.03. The lowest BCUT2D eigenvalue weighted by Crippen LogP contribution is -2.16. The molecule has 0 amide bonds. The van der Waals surface area contributed by atoms with Gasteiger partial charge in [-0.2, -0.15) is 0 Å². The minimum atomic E-state index is 0.676. The van der Waals surface area contributed by atoms with E-state index in [1.165, 1.54) is 25.7 Å². The first-order valence-corrected chi connectivity index (χ1v) is 5.64. The van der Waals surface area contributed by atoms with Crippen LogP contribution in [0.4, 0.5) is 0 Å². The summed E-state index contributed by atoms with van der Waals surface area (Å²) >= 11 is 2.23. The first kappa shape index (κ1) is 11.7. The molecule has 0 aromatic heterocycles. The van der Waals surface area contributed by atoms with Gasteiger partial charge in [0.1, 0.15) is 0 Å². The number of hydrogen-bond acceptors (Lipinski definition) is 1. The van der Waals surface area contributed by atoms with Gasteiger partial charge in [-0.1, -0.05) is 26.7 Å². The van der Waals surface area contributed by atoms with E-state index < -0.39 is 0 Å². The van der Waals surface area contributed by atoms with Gasteiger partial charge in [-0.25, -0.2) is 0 Å². The van der Waals surface area contributed by atoms with Crippen LogP contribution in [-0.2, 0) is 0 Å². The average molecular weight is 269 g/mol. The van der Waals surface area contributed by atoms with E-state index in [9.17, 15) is 0 Å². The highest BCUT2D eigenvalue weighted by Crippen LogP contribution is 2.13. The van der Waals surface area contributed by atoms with Crippen molar-refractivity contribution in [2.45, 2.75) is 52.5 Å². The summed E-state index contributed by atoms with van der Waals surface area (Å²) in [7, 11) is 0. The van der Waals surface area contributed by atoms with E-state index in [0.29, 0.717) is 6.04 Å². The van der Waals surface area contributed by atoms with Crippen LogP contribution >= 0.6 is 22.9 Å². The van der Waals surface area contributed by atoms with Crippen molar-refractivity contribution < 1.29 is 0 Å². The van der Waals surface area contributed by atoms with E-state index in [4.69, 9.17) is 0 Å². The second kappa shape index (κ2) is 7.35. The van der Waals surface area contributed by atoms with Crippen molar-refractivity contribution in [2.24, 2.45) is 5.92 Å². The standard InChI is InChI=1S/C9H20IN/c1-4-5-8(2)6-7-9(3)11-10/h8-9,11H,4-7H2,1-3H3. The van der Waals surface area contributed by atoms with Crippen LogP contribution in [0.2, 0.25) is 0 Å². The lowest BCUT2D eigenvalue weighted by atomic mass is 9.98. The van der Waals surface area contributed by atoms with Gasteiger partial charge >= 0.3 is 0 Å². The second-order valence-electron chi connectivity index (χ2n) is 3.48. The van der Waals surface area contributed by atoms with Crippen LogP contribution in [0.15, 0.2) is 0 Å². The number of rotatable bonds is 6. The van der Waals surface area contributed by atoms with Crippen LogP contribution in [0.1, 0.15) is 46.5 Å². The molecule has 2 unspecified atom stereocenters. The van der Waals surface area contributed by atoms with Crippen LogP contribution < -0.4 is 3.53 Å². The molecule has 0 rings (SSSR count). The number of halogens is 1. The third-order valence-corrected chi connectivity index (χ3v) is 3.12. The Hall–Kier alpha value is 0.690. The summed E-state index contributed by atoms with van der Waals surface area (Å²) in [6.07, 6.45) is 5.39. The summed E-state index contributed by atoms with van der Waals surface area (Å²) in [5.41, 5.74) is 0. The van der Waals surface area contributed by atoms with Crippen molar-refractivity contribution in [1.82, 2.24) is 3.53 Å². The van der Waals surface area contributed by atoms with Gasteiger partial charge in [0.15, 0.2) is 0 Å². The summed E-state index contributed by atoms with van der Waals surface area (Å²) in [6, 6.07) is 0.676. The van der Waals surface area contributed by atoms with E-state index in [-0.39, 0.29) is 0 Å². The summed E-state index contributed by atoms with van der Waals surface area (Å²) in [4.78, 5) is 0. The highest BCUT2D eigenvalue weighted by atomic mass is 127. The molecule has 0 bridgehead atoms. The smallest absolute Gasteiger partial charge is 0.0172 e. The Morgan fingerprint density at radius 2 is 1.82 bits per heavy atom. The largest absolute Gasteiger partial charge is 0.258 e. The average Bonchev–Trinajstić information content (AvgIpc) is 2.01. The second-order valence-corrected chi connectivity index (χ2v) is 4.10. The van der Waals surface area contributed by atoms with Gasteiger partial charge in [0.05, 0.1) is 0 Å². The minimum Gasteiger partial charge on any atom is -0.258 e. The monoisotopic (exact) mass is 269 g/mol. The fourth-order valence-electron chi connectivity index (χ4n) is 1.23. The van der Waals surface area contributed by atoms with Crippen molar-refractivity contribution in [2.75, 3.05) is 0 Å². The van der Waals surface area contributed by atoms with Gasteiger partial charge in [-0.15, -0.1) is 0 Å². The number of nitrogens with one attached hydrogen (secondary N) is 1. The molecule has 0 aliphatic rings. The lowest BCUT2D eigenvalue weighted by Gasteiger charge is -2.12. The quantitative estimate of drug-likeness (QED) is 0.574. The Balaban J connectivity index is 3.22. The van der Waals surface area contributed by atoms with E-state index in [2.05, 4.69) is 47.2 Å². The van der Waals surface area contributed by atoms with Gasteiger partial charge in [0.25, 0.3) is 0 Å². The van der Waals surface area contributed by atoms with Crippen LogP contribution in [0.5, 0.6) is 0 Å². The SMILES string of the molecule is CCCC(C)CCC(C)NI. The van der Waals surface area contributed by atoms with Gasteiger partial charge < -0.3 is 0 Å².